The van der Waals surface area contributed by atoms with Crippen LogP contribution in [-0.4, -0.2) is 173 Å². The van der Waals surface area contributed by atoms with E-state index < -0.39 is 25.3 Å². The number of methoxy groups -OCH3 is 2. The molecule has 0 aromatic rings. The summed E-state index contributed by atoms with van der Waals surface area (Å²) in [6.07, 6.45) is 15.6. The van der Waals surface area contributed by atoms with Crippen LogP contribution >= 0.6 is 0 Å². The second-order valence-corrected chi connectivity index (χ2v) is 22.9. The molecule has 9 aliphatic rings. The molecule has 0 bridgehead atoms. The molecule has 6 heterocycles. The molecule has 0 aromatic carbocycles. The zero-order valence-electron chi connectivity index (χ0n) is 41.3. The van der Waals surface area contributed by atoms with E-state index in [4.69, 9.17) is 19.2 Å². The van der Waals surface area contributed by atoms with Crippen LogP contribution in [0.15, 0.2) is 16.6 Å². The molecular formula is C50H89N9O7. The monoisotopic (exact) mass is 928 g/mol. The predicted octanol–water partition coefficient (Wildman–Crippen LogP) is 2.63. The van der Waals surface area contributed by atoms with Crippen molar-refractivity contribution in [2.75, 3.05) is 40.4 Å². The maximum absolute atomic E-state index is 11.7. The van der Waals surface area contributed by atoms with Crippen LogP contribution in [0, 0.1) is 41.4 Å². The molecule has 14 unspecified atom stereocenters. The fourth-order valence-corrected chi connectivity index (χ4v) is 14.7. The number of aliphatic hydroxyl groups excluding tert-OH is 4. The number of hydrogen-bond donors (Lipinski definition) is 9. The van der Waals surface area contributed by atoms with E-state index in [2.05, 4.69) is 82.0 Å². The lowest BCUT2D eigenvalue weighted by Crippen LogP contribution is -2.62. The summed E-state index contributed by atoms with van der Waals surface area (Å²) in [5, 5.41) is 61.8. The van der Waals surface area contributed by atoms with Gasteiger partial charge in [-0.15, -0.1) is 0 Å². The van der Waals surface area contributed by atoms with Crippen LogP contribution in [0.5, 0.6) is 0 Å². The van der Waals surface area contributed by atoms with Crippen LogP contribution in [-0.2, 0) is 14.2 Å². The summed E-state index contributed by atoms with van der Waals surface area (Å²) in [7, 11) is 2.93. The van der Waals surface area contributed by atoms with Crippen molar-refractivity contribution in [3.63, 3.8) is 0 Å². The molecule has 0 amide bonds. The van der Waals surface area contributed by atoms with E-state index >= 15 is 0 Å². The Hall–Kier alpha value is -1.35. The summed E-state index contributed by atoms with van der Waals surface area (Å²) in [5.74, 6) is 4.32. The molecule has 0 spiro atoms. The van der Waals surface area contributed by atoms with Gasteiger partial charge in [-0.3, -0.25) is 41.0 Å². The topological polar surface area (TPSA) is 191 Å². The maximum atomic E-state index is 11.7. The number of nitrogens with one attached hydrogen (secondary N) is 5. The van der Waals surface area contributed by atoms with E-state index in [9.17, 15) is 20.4 Å². The molecule has 9 N–H and O–H groups in total. The third-order valence-electron chi connectivity index (χ3n) is 18.4. The summed E-state index contributed by atoms with van der Waals surface area (Å²) in [6.45, 7) is 14.0. The van der Waals surface area contributed by atoms with E-state index in [0.29, 0.717) is 41.8 Å². The number of hydrogen-bond acceptors (Lipinski definition) is 16. The highest BCUT2D eigenvalue weighted by Gasteiger charge is 2.57. The molecule has 3 aliphatic carbocycles. The molecule has 18 atom stereocenters. The highest BCUT2D eigenvalue weighted by Crippen LogP contribution is 2.53. The first kappa shape index (κ1) is 49.6. The van der Waals surface area contributed by atoms with Crippen molar-refractivity contribution in [1.29, 1.82) is 0 Å². The number of nitrogens with zero attached hydrogens (tertiary/aromatic N) is 4. The highest BCUT2D eigenvalue weighted by molar-refractivity contribution is 5.89. The fourth-order valence-electron chi connectivity index (χ4n) is 14.7. The van der Waals surface area contributed by atoms with Gasteiger partial charge in [-0.05, 0) is 113 Å². The lowest BCUT2D eigenvalue weighted by atomic mass is 9.71. The van der Waals surface area contributed by atoms with Gasteiger partial charge in [-0.2, -0.15) is 0 Å². The van der Waals surface area contributed by atoms with E-state index in [1.807, 2.05) is 0 Å². The number of amidine groups is 1. The summed E-state index contributed by atoms with van der Waals surface area (Å²) < 4.78 is 17.8. The van der Waals surface area contributed by atoms with Gasteiger partial charge in [0.25, 0.3) is 0 Å². The van der Waals surface area contributed by atoms with Crippen LogP contribution in [0.3, 0.4) is 0 Å². The van der Waals surface area contributed by atoms with Crippen molar-refractivity contribution in [3.8, 4) is 0 Å². The SMILES string of the molecule is COC(O)N[C@@H](C(C)C)C(O)N1CCC[C@H]1C1=NCC(C2CCC3C(C2)OC(C2CCC(C)CC2)N2C4CC=C(C5CNC([C@@H]6CCCN6C(O)[C@@H](NC(O)OC)C(C)C)N5)CC4CC32)N1. The van der Waals surface area contributed by atoms with E-state index in [0.717, 1.165) is 82.9 Å². The van der Waals surface area contributed by atoms with E-state index in [1.165, 1.54) is 59.2 Å². The molecule has 2 saturated carbocycles. The molecule has 0 aromatic heterocycles. The Morgan fingerprint density at radius 1 is 0.773 bits per heavy atom. The van der Waals surface area contributed by atoms with Crippen molar-refractivity contribution < 1.29 is 34.6 Å². The first-order valence-corrected chi connectivity index (χ1v) is 26.6. The van der Waals surface area contributed by atoms with Gasteiger partial charge in [-0.1, -0.05) is 59.1 Å². The second kappa shape index (κ2) is 21.6. The molecule has 9 rings (SSSR count). The highest BCUT2D eigenvalue weighted by atomic mass is 16.6. The third-order valence-corrected chi connectivity index (χ3v) is 18.4. The number of fused-ring (bicyclic) bond motifs is 5. The Morgan fingerprint density at radius 2 is 1.44 bits per heavy atom. The normalized spacial score (nSPS) is 41.8. The Labute approximate surface area is 395 Å². The number of ether oxygens (including phenoxy) is 3. The van der Waals surface area contributed by atoms with Gasteiger partial charge < -0.3 is 40.0 Å². The number of aliphatic hydroxyl groups is 4. The van der Waals surface area contributed by atoms with Crippen LogP contribution in [0.1, 0.15) is 125 Å². The molecule has 66 heavy (non-hydrogen) atoms. The summed E-state index contributed by atoms with van der Waals surface area (Å²) in [4.78, 5) is 12.5. The molecule has 376 valence electrons. The Kier molecular flexibility index (Phi) is 16.2. The largest absolute Gasteiger partial charge is 0.377 e. The summed E-state index contributed by atoms with van der Waals surface area (Å²) in [6, 6.07) is 1.22. The standard InChI is InChI=1S/C50H89N9O7/c1-27(2)42(55-49(62)64-6)46(60)57-20-8-10-38(57)44-51-25-35(53-44)31-17-19-37-33(22-31)23-40-34-18-16-32(24-41(34)66-48(59(37)40)30-14-12-29(5)13-15-30)36-26-52-45(54-36)39-11-9-21-58(39)47(61)43(28(3)4)56-50(63)65-7/h17,27-30,32-44,46-51,53,55-56,60-63H,8-16,18-26H2,1-7H3,(H,52,54)/t29?,30?,32?,33?,34?,35?,36?,37?,38-,39-,40?,41?,42-,43-,44?,46?,47?,48?,49?,50?/m0/s1. The second-order valence-electron chi connectivity index (χ2n) is 22.9. The van der Waals surface area contributed by atoms with Crippen molar-refractivity contribution >= 4 is 5.84 Å². The van der Waals surface area contributed by atoms with E-state index in [1.54, 1.807) is 5.57 Å². The molecule has 0 radical (unpaired) electrons. The quantitative estimate of drug-likeness (QED) is 0.0765. The van der Waals surface area contributed by atoms with Crippen molar-refractivity contribution in [3.05, 3.63) is 11.6 Å². The Morgan fingerprint density at radius 3 is 2.14 bits per heavy atom. The Bertz CT molecular complexity index is 1650. The molecule has 5 saturated heterocycles. The first-order valence-electron chi connectivity index (χ1n) is 26.6. The zero-order valence-corrected chi connectivity index (χ0v) is 41.3. The van der Waals surface area contributed by atoms with Gasteiger partial charge in [0.1, 0.15) is 24.5 Å². The van der Waals surface area contributed by atoms with Crippen LogP contribution in [0.2, 0.25) is 0 Å². The lowest BCUT2D eigenvalue weighted by molar-refractivity contribution is -0.230. The molecule has 7 fully saturated rings. The van der Waals surface area contributed by atoms with Crippen LogP contribution in [0.4, 0.5) is 0 Å². The van der Waals surface area contributed by atoms with Crippen molar-refractivity contribution in [2.24, 2.45) is 46.4 Å². The van der Waals surface area contributed by atoms with E-state index in [-0.39, 0.29) is 60.5 Å². The molecule has 16 nitrogen and oxygen atoms in total. The average molecular weight is 928 g/mol. The molecular weight excluding hydrogens is 839 g/mol. The number of aliphatic imine (C=N–C) groups is 1. The summed E-state index contributed by atoms with van der Waals surface area (Å²) >= 11 is 0. The third kappa shape index (κ3) is 10.2. The molecule has 16 heteroatoms. The number of rotatable bonds is 17. The van der Waals surface area contributed by atoms with Gasteiger partial charge in [-0.25, -0.2) is 0 Å². The lowest BCUT2D eigenvalue weighted by Gasteiger charge is -2.55. The minimum absolute atomic E-state index is 0.0375. The van der Waals surface area contributed by atoms with Gasteiger partial charge in [0.05, 0.1) is 36.9 Å². The zero-order chi connectivity index (χ0) is 46.4. The van der Waals surface area contributed by atoms with Gasteiger partial charge in [0.2, 0.25) is 12.8 Å². The number of likely N-dealkylation sites (tertiary alicyclic amines) is 2. The average Bonchev–Trinajstić information content (AvgIpc) is 4.18. The van der Waals surface area contributed by atoms with Crippen molar-refractivity contribution in [2.45, 2.75) is 217 Å². The summed E-state index contributed by atoms with van der Waals surface area (Å²) in [5.41, 5.74) is 1.56. The maximum Gasteiger partial charge on any atom is 0.213 e. The van der Waals surface area contributed by atoms with Gasteiger partial charge >= 0.3 is 0 Å². The minimum atomic E-state index is -1.13. The van der Waals surface area contributed by atoms with Gasteiger partial charge in [0.15, 0.2) is 0 Å². The minimum Gasteiger partial charge on any atom is -0.377 e. The predicted molar refractivity (Wildman–Crippen MR) is 254 cm³/mol. The van der Waals surface area contributed by atoms with Crippen LogP contribution in [0.25, 0.3) is 0 Å². The Balaban J connectivity index is 0.838. The van der Waals surface area contributed by atoms with Crippen LogP contribution < -0.4 is 26.6 Å². The van der Waals surface area contributed by atoms with Gasteiger partial charge in [0, 0.05) is 70.0 Å². The molecule has 6 aliphatic heterocycles. The van der Waals surface area contributed by atoms with Crippen molar-refractivity contribution in [1.82, 2.24) is 41.3 Å². The fraction of sp³-hybridized carbons (Fsp3) is 0.940. The smallest absolute Gasteiger partial charge is 0.213 e. The first-order chi connectivity index (χ1) is 31.8.